The number of hydrogen-bond acceptors (Lipinski definition) is 6. The van der Waals surface area contributed by atoms with Gasteiger partial charge in [-0.2, -0.15) is 5.10 Å². The van der Waals surface area contributed by atoms with E-state index in [0.717, 1.165) is 39.8 Å². The van der Waals surface area contributed by atoms with Crippen LogP contribution in [0.25, 0.3) is 16.6 Å². The molecule has 1 saturated heterocycles. The molecule has 3 heterocycles. The van der Waals surface area contributed by atoms with E-state index in [0.29, 0.717) is 17.5 Å². The number of benzene rings is 1. The summed E-state index contributed by atoms with van der Waals surface area (Å²) in [4.78, 5) is 21.9. The molecule has 3 aromatic rings. The fraction of sp³-hybridized carbons (Fsp3) is 0.400. The molecule has 8 nitrogen and oxygen atoms in total. The summed E-state index contributed by atoms with van der Waals surface area (Å²) in [7, 11) is 0. The third-order valence-electron chi connectivity index (χ3n) is 5.17. The predicted octanol–water partition coefficient (Wildman–Crippen LogP) is 3.94. The zero-order chi connectivity index (χ0) is 21.3. The van der Waals surface area contributed by atoms with E-state index >= 15 is 0 Å². The Kier molecular flexibility index (Phi) is 6.21. The number of nitrogens with zero attached hydrogens (tertiary/aromatic N) is 5. The maximum absolute atomic E-state index is 10.7. The van der Waals surface area contributed by atoms with Crippen molar-refractivity contribution in [2.75, 3.05) is 24.7 Å². The summed E-state index contributed by atoms with van der Waals surface area (Å²) in [6, 6.07) is 5.88. The molecule has 2 atom stereocenters. The lowest BCUT2D eigenvalue weighted by Crippen LogP contribution is -2.34. The molecule has 1 aliphatic rings. The number of carbonyl (C=O) groups is 1. The van der Waals surface area contributed by atoms with Crippen LogP contribution in [0.3, 0.4) is 0 Å². The zero-order valence-corrected chi connectivity index (χ0v) is 18.7. The highest BCUT2D eigenvalue weighted by molar-refractivity contribution is 9.10. The average Bonchev–Trinajstić information content (AvgIpc) is 3.35. The van der Waals surface area contributed by atoms with Crippen LogP contribution < -0.4 is 4.90 Å². The van der Waals surface area contributed by atoms with E-state index in [-0.39, 0.29) is 19.1 Å². The fourth-order valence-electron chi connectivity index (χ4n) is 3.83. The molecule has 1 N–H and O–H groups in total. The Balaban J connectivity index is 1.70. The largest absolute Gasteiger partial charge is 0.481 e. The average molecular weight is 495 g/mol. The number of fused-ring (bicyclic) bond motifs is 1. The smallest absolute Gasteiger partial charge is 0.305 e. The second kappa shape index (κ2) is 8.87. The highest BCUT2D eigenvalue weighted by Crippen LogP contribution is 2.35. The van der Waals surface area contributed by atoms with Crippen LogP contribution in [0.5, 0.6) is 0 Å². The van der Waals surface area contributed by atoms with Gasteiger partial charge in [0.2, 0.25) is 0 Å². The van der Waals surface area contributed by atoms with E-state index < -0.39 is 5.97 Å². The number of anilines is 1. The zero-order valence-electron chi connectivity index (χ0n) is 16.3. The Morgan fingerprint density at radius 2 is 2.23 bits per heavy atom. The van der Waals surface area contributed by atoms with Gasteiger partial charge in [-0.15, -0.1) is 0 Å². The molecule has 0 unspecified atom stereocenters. The van der Waals surface area contributed by atoms with Gasteiger partial charge in [0.15, 0.2) is 0 Å². The van der Waals surface area contributed by atoms with Crippen molar-refractivity contribution >= 4 is 50.2 Å². The molecular weight excluding hydrogens is 474 g/mol. The van der Waals surface area contributed by atoms with E-state index in [1.807, 2.05) is 18.2 Å². The summed E-state index contributed by atoms with van der Waals surface area (Å²) in [5.74, 6) is 0.435. The Labute approximate surface area is 186 Å². The summed E-state index contributed by atoms with van der Waals surface area (Å²) in [5, 5.41) is 14.6. The maximum Gasteiger partial charge on any atom is 0.305 e. The predicted molar refractivity (Wildman–Crippen MR) is 117 cm³/mol. The van der Waals surface area contributed by atoms with Crippen molar-refractivity contribution in [1.29, 1.82) is 0 Å². The molecule has 4 rings (SSSR count). The molecule has 2 aromatic heterocycles. The maximum atomic E-state index is 10.7. The van der Waals surface area contributed by atoms with Gasteiger partial charge < -0.3 is 14.7 Å². The Morgan fingerprint density at radius 3 is 2.97 bits per heavy atom. The van der Waals surface area contributed by atoms with Crippen LogP contribution in [0.4, 0.5) is 5.82 Å². The quantitative estimate of drug-likeness (QED) is 0.497. The van der Waals surface area contributed by atoms with E-state index in [1.165, 1.54) is 6.33 Å². The highest BCUT2D eigenvalue weighted by atomic mass is 79.9. The lowest BCUT2D eigenvalue weighted by Gasteiger charge is -2.26. The molecule has 158 valence electrons. The lowest BCUT2D eigenvalue weighted by molar-refractivity contribution is -0.138. The van der Waals surface area contributed by atoms with E-state index in [4.69, 9.17) is 26.4 Å². The number of pyridine rings is 1. The number of carboxylic acids is 1. The van der Waals surface area contributed by atoms with Crippen LogP contribution >= 0.6 is 27.5 Å². The van der Waals surface area contributed by atoms with Crippen LogP contribution in [-0.2, 0) is 9.53 Å². The van der Waals surface area contributed by atoms with Gasteiger partial charge in [0, 0.05) is 22.5 Å². The van der Waals surface area contributed by atoms with Gasteiger partial charge in [-0.05, 0) is 40.4 Å². The molecule has 1 fully saturated rings. The molecule has 0 saturated carbocycles. The molecule has 1 aliphatic heterocycles. The number of rotatable bonds is 7. The van der Waals surface area contributed by atoms with Crippen LogP contribution in [0.2, 0.25) is 5.02 Å². The van der Waals surface area contributed by atoms with Crippen molar-refractivity contribution in [1.82, 2.24) is 19.7 Å². The van der Waals surface area contributed by atoms with Gasteiger partial charge in [-0.25, -0.2) is 14.6 Å². The van der Waals surface area contributed by atoms with Crippen LogP contribution in [0, 0.1) is 5.92 Å². The van der Waals surface area contributed by atoms with E-state index in [2.05, 4.69) is 37.8 Å². The molecular formula is C20H21BrClN5O3. The highest BCUT2D eigenvalue weighted by Gasteiger charge is 2.31. The summed E-state index contributed by atoms with van der Waals surface area (Å²) in [6.07, 6.45) is 4.09. The van der Waals surface area contributed by atoms with Gasteiger partial charge in [0.1, 0.15) is 18.5 Å². The van der Waals surface area contributed by atoms with Crippen molar-refractivity contribution in [2.45, 2.75) is 25.8 Å². The number of halogens is 2. The first-order chi connectivity index (χ1) is 14.4. The SMILES string of the molecule is C[C@H]1C[C@@H](COCCC(=O)O)N(c2cc(-n3cncn3)c3cc(Cl)c(Br)cc3n2)C1. The molecule has 10 heteroatoms. The minimum Gasteiger partial charge on any atom is -0.481 e. The molecule has 0 amide bonds. The van der Waals surface area contributed by atoms with Gasteiger partial charge >= 0.3 is 5.97 Å². The van der Waals surface area contributed by atoms with Gasteiger partial charge in [0.25, 0.3) is 0 Å². The van der Waals surface area contributed by atoms with Crippen LogP contribution in [0.1, 0.15) is 19.8 Å². The summed E-state index contributed by atoms with van der Waals surface area (Å²) < 4.78 is 8.13. The molecule has 30 heavy (non-hydrogen) atoms. The van der Waals surface area contributed by atoms with Crippen LogP contribution in [0.15, 0.2) is 35.3 Å². The van der Waals surface area contributed by atoms with Crippen molar-refractivity contribution in [2.24, 2.45) is 5.92 Å². The van der Waals surface area contributed by atoms with Crippen molar-refractivity contribution in [3.05, 3.63) is 40.3 Å². The monoisotopic (exact) mass is 493 g/mol. The summed E-state index contributed by atoms with van der Waals surface area (Å²) in [5.41, 5.74) is 1.63. The number of hydrogen-bond donors (Lipinski definition) is 1. The second-order valence-electron chi connectivity index (χ2n) is 7.49. The van der Waals surface area contributed by atoms with Crippen molar-refractivity contribution < 1.29 is 14.6 Å². The standard InChI is InChI=1S/C20H21BrClN5O3/c1-12-4-13(9-30-3-2-20(28)29)26(8-12)19-7-18(27-11-23-10-24-27)14-5-16(22)15(21)6-17(14)25-19/h5-7,10-13H,2-4,8-9H2,1H3,(H,28,29)/t12-,13-/m0/s1. The van der Waals surface area contributed by atoms with E-state index in [1.54, 1.807) is 11.0 Å². The summed E-state index contributed by atoms with van der Waals surface area (Å²) in [6.45, 7) is 3.70. The van der Waals surface area contributed by atoms with E-state index in [9.17, 15) is 4.79 Å². The molecule has 0 radical (unpaired) electrons. The van der Waals surface area contributed by atoms with Gasteiger partial charge in [-0.3, -0.25) is 4.79 Å². The number of aromatic nitrogens is 4. The first kappa shape index (κ1) is 21.0. The number of carboxylic acid groups (broad SMARTS) is 1. The van der Waals surface area contributed by atoms with Crippen molar-refractivity contribution in [3.63, 3.8) is 0 Å². The number of ether oxygens (including phenoxy) is 1. The molecule has 0 aliphatic carbocycles. The molecule has 0 bridgehead atoms. The Morgan fingerprint density at radius 1 is 1.40 bits per heavy atom. The third kappa shape index (κ3) is 4.43. The Hall–Kier alpha value is -2.23. The first-order valence-electron chi connectivity index (χ1n) is 9.63. The van der Waals surface area contributed by atoms with Crippen LogP contribution in [-0.4, -0.2) is 56.6 Å². The van der Waals surface area contributed by atoms with Crippen molar-refractivity contribution in [3.8, 4) is 5.69 Å². The Bertz CT molecular complexity index is 1060. The summed E-state index contributed by atoms with van der Waals surface area (Å²) >= 11 is 9.82. The molecule has 1 aromatic carbocycles. The fourth-order valence-corrected chi connectivity index (χ4v) is 4.32. The van der Waals surface area contributed by atoms with Gasteiger partial charge in [0.05, 0.1) is 41.9 Å². The number of aliphatic carboxylic acids is 1. The normalized spacial score (nSPS) is 19.0. The second-order valence-corrected chi connectivity index (χ2v) is 8.75. The minimum absolute atomic E-state index is 0.00172. The van der Waals surface area contributed by atoms with Gasteiger partial charge in [-0.1, -0.05) is 18.5 Å². The first-order valence-corrected chi connectivity index (χ1v) is 10.8. The minimum atomic E-state index is -0.857. The third-order valence-corrected chi connectivity index (χ3v) is 6.37. The topological polar surface area (TPSA) is 93.4 Å². The molecule has 0 spiro atoms. The lowest BCUT2D eigenvalue weighted by atomic mass is 10.1.